The molecule has 0 N–H and O–H groups in total. The molecule has 7 nitrogen and oxygen atoms in total. The van der Waals surface area contributed by atoms with Gasteiger partial charge in [-0.2, -0.15) is 0 Å². The number of nitrogens with zero attached hydrogens (tertiary/aromatic N) is 5. The number of para-hydroxylation sites is 4. The second kappa shape index (κ2) is 9.52. The topological polar surface area (TPSA) is 53.8 Å². The van der Waals surface area contributed by atoms with E-state index in [4.69, 9.17) is 9.72 Å². The molecule has 35 heavy (non-hydrogen) atoms. The Kier molecular flexibility index (Phi) is 5.94. The van der Waals surface area contributed by atoms with Crippen molar-refractivity contribution >= 4 is 34.4 Å². The number of hydrogen-bond acceptors (Lipinski definition) is 5. The molecule has 0 spiro atoms. The number of anilines is 3. The number of aromatic nitrogens is 2. The largest absolute Gasteiger partial charge is 0.379 e. The van der Waals surface area contributed by atoms with E-state index in [1.165, 1.54) is 0 Å². The van der Waals surface area contributed by atoms with E-state index in [-0.39, 0.29) is 12.1 Å². The van der Waals surface area contributed by atoms with Crippen molar-refractivity contribution in [2.24, 2.45) is 0 Å². The van der Waals surface area contributed by atoms with Gasteiger partial charge in [-0.15, -0.1) is 0 Å². The third-order valence-corrected chi connectivity index (χ3v) is 6.92. The Morgan fingerprint density at radius 3 is 2.23 bits per heavy atom. The fourth-order valence-corrected chi connectivity index (χ4v) is 5.13. The first-order chi connectivity index (χ1) is 17.3. The van der Waals surface area contributed by atoms with Crippen LogP contribution in [0.4, 0.5) is 22.1 Å². The number of ether oxygens (including phenoxy) is 1. The molecule has 0 saturated carbocycles. The number of imidazole rings is 1. The van der Waals surface area contributed by atoms with Crippen molar-refractivity contribution in [2.75, 3.05) is 49.2 Å². The van der Waals surface area contributed by atoms with Crippen LogP contribution in [0.5, 0.6) is 0 Å². The zero-order valence-corrected chi connectivity index (χ0v) is 19.7. The molecule has 3 heterocycles. The average Bonchev–Trinajstić information content (AvgIpc) is 3.25. The van der Waals surface area contributed by atoms with Gasteiger partial charge in [-0.1, -0.05) is 48.5 Å². The summed E-state index contributed by atoms with van der Waals surface area (Å²) in [7, 11) is 0. The highest BCUT2D eigenvalue weighted by Crippen LogP contribution is 2.36. The van der Waals surface area contributed by atoms with Crippen LogP contribution in [0.25, 0.3) is 11.0 Å². The maximum Gasteiger partial charge on any atom is 0.336 e. The van der Waals surface area contributed by atoms with Gasteiger partial charge in [0.05, 0.1) is 30.3 Å². The minimum absolute atomic E-state index is 0.0439. The minimum atomic E-state index is -0.0743. The minimum Gasteiger partial charge on any atom is -0.379 e. The average molecular weight is 468 g/mol. The van der Waals surface area contributed by atoms with Gasteiger partial charge in [-0.25, -0.2) is 14.3 Å². The van der Waals surface area contributed by atoms with Crippen molar-refractivity contribution in [3.05, 3.63) is 84.9 Å². The summed E-state index contributed by atoms with van der Waals surface area (Å²) in [6.45, 7) is 4.94. The molecular weight excluding hydrogens is 438 g/mol. The van der Waals surface area contributed by atoms with Crippen LogP contribution in [0.15, 0.2) is 84.9 Å². The van der Waals surface area contributed by atoms with Gasteiger partial charge in [0.15, 0.2) is 0 Å². The molecule has 1 amide bonds. The summed E-state index contributed by atoms with van der Waals surface area (Å²) in [5, 5.41) is 0. The van der Waals surface area contributed by atoms with Crippen LogP contribution in [-0.4, -0.2) is 65.9 Å². The molecule has 0 aliphatic carbocycles. The lowest BCUT2D eigenvalue weighted by Crippen LogP contribution is -2.45. The number of benzene rings is 3. The lowest BCUT2D eigenvalue weighted by molar-refractivity contribution is 0.0367. The number of rotatable bonds is 5. The molecule has 0 bridgehead atoms. The summed E-state index contributed by atoms with van der Waals surface area (Å²) in [5.74, 6) is 0.674. The highest BCUT2D eigenvalue weighted by molar-refractivity contribution is 6.03. The molecule has 1 fully saturated rings. The van der Waals surface area contributed by atoms with E-state index in [1.54, 1.807) is 4.57 Å². The Bertz CT molecular complexity index is 1300. The van der Waals surface area contributed by atoms with Crippen LogP contribution in [-0.2, 0) is 4.74 Å². The van der Waals surface area contributed by atoms with Crippen LogP contribution in [0.1, 0.15) is 6.42 Å². The Morgan fingerprint density at radius 1 is 0.829 bits per heavy atom. The lowest BCUT2D eigenvalue weighted by atomic mass is 10.1. The first-order valence-corrected chi connectivity index (χ1v) is 12.3. The van der Waals surface area contributed by atoms with E-state index in [0.29, 0.717) is 12.5 Å². The van der Waals surface area contributed by atoms with Crippen molar-refractivity contribution in [3.63, 3.8) is 0 Å². The summed E-state index contributed by atoms with van der Waals surface area (Å²) in [5.41, 5.74) is 3.58. The number of carbonyl (C=O) groups is 1. The summed E-state index contributed by atoms with van der Waals surface area (Å²) in [6.07, 6.45) is 0.898. The predicted molar refractivity (Wildman–Crippen MR) is 139 cm³/mol. The Labute approximate surface area is 205 Å². The molecule has 178 valence electrons. The van der Waals surface area contributed by atoms with Gasteiger partial charge >= 0.3 is 6.03 Å². The molecular formula is C28H29N5O2. The summed E-state index contributed by atoms with van der Waals surface area (Å²) >= 11 is 0. The van der Waals surface area contributed by atoms with Crippen molar-refractivity contribution in [3.8, 4) is 0 Å². The van der Waals surface area contributed by atoms with E-state index < -0.39 is 0 Å². The fourth-order valence-electron chi connectivity index (χ4n) is 5.13. The SMILES string of the molecule is O=C1N(c2ccccc2)CC(CCN2CCOCC2)N(c2ccccc2)c2nc3ccccc3n21. The molecule has 1 unspecified atom stereocenters. The molecule has 0 radical (unpaired) electrons. The van der Waals surface area contributed by atoms with Crippen LogP contribution in [0.2, 0.25) is 0 Å². The van der Waals surface area contributed by atoms with Gasteiger partial charge in [0.1, 0.15) is 0 Å². The third kappa shape index (κ3) is 4.17. The molecule has 4 aromatic rings. The van der Waals surface area contributed by atoms with Crippen molar-refractivity contribution in [2.45, 2.75) is 12.5 Å². The molecule has 6 rings (SSSR count). The standard InChI is InChI=1S/C28H29N5O2/c34-28-31(22-9-3-1-4-10-22)21-24(15-16-30-17-19-35-20-18-30)32(23-11-5-2-6-12-23)27-29-25-13-7-8-14-26(25)33(27)28/h1-14,24H,15-21H2. The molecule has 1 saturated heterocycles. The van der Waals surface area contributed by atoms with E-state index in [9.17, 15) is 4.79 Å². The van der Waals surface area contributed by atoms with Crippen LogP contribution in [0, 0.1) is 0 Å². The third-order valence-electron chi connectivity index (χ3n) is 6.92. The Morgan fingerprint density at radius 2 is 1.49 bits per heavy atom. The zero-order chi connectivity index (χ0) is 23.6. The smallest absolute Gasteiger partial charge is 0.336 e. The second-order valence-electron chi connectivity index (χ2n) is 9.07. The Hall–Kier alpha value is -3.68. The number of morpholine rings is 1. The predicted octanol–water partition coefficient (Wildman–Crippen LogP) is 4.75. The second-order valence-corrected chi connectivity index (χ2v) is 9.07. The zero-order valence-electron chi connectivity index (χ0n) is 19.7. The van der Waals surface area contributed by atoms with E-state index in [2.05, 4.69) is 21.9 Å². The van der Waals surface area contributed by atoms with Crippen LogP contribution in [0.3, 0.4) is 0 Å². The van der Waals surface area contributed by atoms with Gasteiger partial charge in [-0.05, 0) is 42.8 Å². The first kappa shape index (κ1) is 21.8. The van der Waals surface area contributed by atoms with Crippen LogP contribution < -0.4 is 9.80 Å². The monoisotopic (exact) mass is 467 g/mol. The van der Waals surface area contributed by atoms with Gasteiger partial charge in [-0.3, -0.25) is 9.80 Å². The first-order valence-electron chi connectivity index (χ1n) is 12.3. The molecule has 2 aliphatic heterocycles. The maximum absolute atomic E-state index is 14.1. The van der Waals surface area contributed by atoms with Gasteiger partial charge in [0.2, 0.25) is 5.95 Å². The highest BCUT2D eigenvalue weighted by Gasteiger charge is 2.36. The molecule has 1 aromatic heterocycles. The van der Waals surface area contributed by atoms with Gasteiger partial charge in [0.25, 0.3) is 0 Å². The summed E-state index contributed by atoms with van der Waals surface area (Å²) in [4.78, 5) is 25.8. The van der Waals surface area contributed by atoms with Gasteiger partial charge < -0.3 is 9.64 Å². The fraction of sp³-hybridized carbons (Fsp3) is 0.286. The molecule has 3 aromatic carbocycles. The number of hydrogen-bond donors (Lipinski definition) is 0. The van der Waals surface area contributed by atoms with Crippen LogP contribution >= 0.6 is 0 Å². The number of fused-ring (bicyclic) bond motifs is 3. The van der Waals surface area contributed by atoms with Crippen molar-refractivity contribution in [1.29, 1.82) is 0 Å². The molecule has 2 aliphatic rings. The van der Waals surface area contributed by atoms with Crippen molar-refractivity contribution < 1.29 is 9.53 Å². The maximum atomic E-state index is 14.1. The summed E-state index contributed by atoms with van der Waals surface area (Å²) < 4.78 is 7.33. The summed E-state index contributed by atoms with van der Waals surface area (Å²) in [6, 6.07) is 28.1. The van der Waals surface area contributed by atoms with E-state index >= 15 is 0 Å². The van der Waals surface area contributed by atoms with E-state index in [0.717, 1.165) is 61.7 Å². The van der Waals surface area contributed by atoms with E-state index in [1.807, 2.05) is 77.7 Å². The normalized spacial score (nSPS) is 19.1. The molecule has 7 heteroatoms. The van der Waals surface area contributed by atoms with Crippen molar-refractivity contribution in [1.82, 2.24) is 14.5 Å². The van der Waals surface area contributed by atoms with Gasteiger partial charge in [0, 0.05) is 37.6 Å². The Balaban J connectivity index is 1.49. The highest BCUT2D eigenvalue weighted by atomic mass is 16.5. The molecule has 1 atom stereocenters. The number of amides is 1. The number of carbonyl (C=O) groups excluding carboxylic acids is 1. The quantitative estimate of drug-likeness (QED) is 0.424. The lowest BCUT2D eigenvalue weighted by Gasteiger charge is -2.34.